The van der Waals surface area contributed by atoms with Crippen LogP contribution in [0.25, 0.3) is 16.8 Å². The van der Waals surface area contributed by atoms with Crippen LogP contribution in [0.5, 0.6) is 11.5 Å². The van der Waals surface area contributed by atoms with E-state index in [2.05, 4.69) is 19.6 Å². The van der Waals surface area contributed by atoms with Gasteiger partial charge in [0.1, 0.15) is 23.4 Å². The van der Waals surface area contributed by atoms with Crippen molar-refractivity contribution < 1.29 is 19.1 Å². The van der Waals surface area contributed by atoms with Crippen LogP contribution in [0.1, 0.15) is 35.8 Å². The minimum atomic E-state index is -0.374. The van der Waals surface area contributed by atoms with Crippen LogP contribution in [-0.4, -0.2) is 97.0 Å². The van der Waals surface area contributed by atoms with Crippen molar-refractivity contribution in [3.63, 3.8) is 0 Å². The van der Waals surface area contributed by atoms with Gasteiger partial charge in [0.15, 0.2) is 0 Å². The topological polar surface area (TPSA) is 105 Å². The Labute approximate surface area is 263 Å². The number of aryl methyl sites for hydroxylation is 1. The number of carbonyl (C=O) groups excluding carboxylic acids is 2. The summed E-state index contributed by atoms with van der Waals surface area (Å²) in [7, 11) is 8.78. The highest BCUT2D eigenvalue weighted by Crippen LogP contribution is 2.39. The van der Waals surface area contributed by atoms with Crippen LogP contribution in [0.15, 0.2) is 48.8 Å². The zero-order chi connectivity index (χ0) is 31.8. The average molecular weight is 612 g/mol. The molecular formula is C34H41N7O4. The first-order valence-corrected chi connectivity index (χ1v) is 15.3. The number of likely N-dealkylation sites (N-methyl/N-ethyl adjacent to an activating group) is 2. The minimum absolute atomic E-state index is 0.116. The predicted octanol–water partition coefficient (Wildman–Crippen LogP) is 3.99. The number of likely N-dealkylation sites (tertiary alicyclic amines) is 1. The lowest BCUT2D eigenvalue weighted by molar-refractivity contribution is -0.130. The van der Waals surface area contributed by atoms with Crippen molar-refractivity contribution in [2.24, 2.45) is 0 Å². The van der Waals surface area contributed by atoms with E-state index in [1.54, 1.807) is 33.2 Å². The second-order valence-corrected chi connectivity index (χ2v) is 12.1. The van der Waals surface area contributed by atoms with Gasteiger partial charge >= 0.3 is 0 Å². The molecule has 11 heteroatoms. The molecule has 0 spiro atoms. The molecule has 1 N–H and O–H groups in total. The lowest BCUT2D eigenvalue weighted by atomic mass is 9.96. The van der Waals surface area contributed by atoms with Crippen molar-refractivity contribution in [2.45, 2.75) is 38.1 Å². The van der Waals surface area contributed by atoms with Crippen molar-refractivity contribution >= 4 is 28.7 Å². The number of piperidine rings is 1. The molecule has 2 amide bonds. The quantitative estimate of drug-likeness (QED) is 0.319. The summed E-state index contributed by atoms with van der Waals surface area (Å²) < 4.78 is 13.5. The van der Waals surface area contributed by atoms with Crippen LogP contribution in [0, 0.1) is 6.92 Å². The van der Waals surface area contributed by atoms with Crippen molar-refractivity contribution in [1.82, 2.24) is 24.2 Å². The standard InChI is InChI=1S/C34H41N7O4/c1-21-32-31(37-33(41(32)17-14-35-21)22-12-15-40(16-13-22)20-30(42)38(2)3)23-10-11-25(29(18-23)45-6)36-34(43)27-19-24-26(39(27)4)8-7-9-28(24)44-5/h7-11,14,17-18,22,27H,12-13,15-16,19-20H2,1-6H3,(H,36,43). The monoisotopic (exact) mass is 611 g/mol. The molecule has 2 aliphatic rings. The van der Waals surface area contributed by atoms with E-state index in [1.807, 2.05) is 67.7 Å². The Morgan fingerprint density at radius 2 is 1.82 bits per heavy atom. The van der Waals surface area contributed by atoms with Crippen LogP contribution >= 0.6 is 0 Å². The molecule has 1 atom stereocenters. The molecular weight excluding hydrogens is 570 g/mol. The number of benzene rings is 2. The van der Waals surface area contributed by atoms with Gasteiger partial charge in [0, 0.05) is 62.7 Å². The molecule has 2 aliphatic heterocycles. The fraction of sp³-hybridized carbons (Fsp3) is 0.412. The smallest absolute Gasteiger partial charge is 0.247 e. The highest BCUT2D eigenvalue weighted by Gasteiger charge is 2.34. The Balaban J connectivity index is 1.24. The number of methoxy groups -OCH3 is 2. The molecule has 2 aromatic carbocycles. The molecule has 1 fully saturated rings. The summed E-state index contributed by atoms with van der Waals surface area (Å²) in [5, 5.41) is 3.10. The van der Waals surface area contributed by atoms with Gasteiger partial charge in [-0.1, -0.05) is 12.1 Å². The maximum absolute atomic E-state index is 13.5. The van der Waals surface area contributed by atoms with Crippen molar-refractivity contribution in [1.29, 1.82) is 0 Å². The van der Waals surface area contributed by atoms with Gasteiger partial charge in [-0.3, -0.25) is 23.9 Å². The largest absolute Gasteiger partial charge is 0.496 e. The average Bonchev–Trinajstić information content (AvgIpc) is 3.60. The number of hydrogen-bond donors (Lipinski definition) is 1. The third-order valence-corrected chi connectivity index (χ3v) is 9.18. The molecule has 4 heterocycles. The van der Waals surface area contributed by atoms with Crippen molar-refractivity contribution in [3.05, 3.63) is 65.9 Å². The number of nitrogens with one attached hydrogen (secondary N) is 1. The summed E-state index contributed by atoms with van der Waals surface area (Å²) in [4.78, 5) is 41.4. The molecule has 0 aliphatic carbocycles. The van der Waals surface area contributed by atoms with Crippen LogP contribution in [0.3, 0.4) is 0 Å². The number of rotatable bonds is 8. The van der Waals surface area contributed by atoms with Gasteiger partial charge in [0.05, 0.1) is 43.4 Å². The zero-order valence-electron chi connectivity index (χ0n) is 26.8. The lowest BCUT2D eigenvalue weighted by Gasteiger charge is -2.31. The van der Waals surface area contributed by atoms with Crippen LogP contribution < -0.4 is 19.7 Å². The van der Waals surface area contributed by atoms with E-state index in [9.17, 15) is 9.59 Å². The second-order valence-electron chi connectivity index (χ2n) is 12.1. The molecule has 2 aromatic heterocycles. The molecule has 1 saturated heterocycles. The van der Waals surface area contributed by atoms with E-state index < -0.39 is 0 Å². The van der Waals surface area contributed by atoms with Gasteiger partial charge in [-0.15, -0.1) is 0 Å². The normalized spacial score (nSPS) is 16.9. The van der Waals surface area contributed by atoms with Crippen LogP contribution in [0.2, 0.25) is 0 Å². The van der Waals surface area contributed by atoms with Gasteiger partial charge in [0.2, 0.25) is 11.8 Å². The maximum Gasteiger partial charge on any atom is 0.247 e. The molecule has 11 nitrogen and oxygen atoms in total. The van der Waals surface area contributed by atoms with Crippen molar-refractivity contribution in [3.8, 4) is 22.8 Å². The van der Waals surface area contributed by atoms with Gasteiger partial charge in [0.25, 0.3) is 0 Å². The molecule has 45 heavy (non-hydrogen) atoms. The Kier molecular flexibility index (Phi) is 8.37. The first kappa shape index (κ1) is 30.4. The van der Waals surface area contributed by atoms with Gasteiger partial charge < -0.3 is 24.6 Å². The summed E-state index contributed by atoms with van der Waals surface area (Å²) in [5.74, 6) is 2.61. The van der Waals surface area contributed by atoms with Crippen LogP contribution in [-0.2, 0) is 16.0 Å². The number of anilines is 2. The Morgan fingerprint density at radius 1 is 1.07 bits per heavy atom. The SMILES string of the molecule is COc1cc(-c2nc(C3CCN(CC(=O)N(C)C)CC3)n3ccnc(C)c23)ccc1NC(=O)C1Cc2c(OC)cccc2N1C. The van der Waals surface area contributed by atoms with Crippen molar-refractivity contribution in [2.75, 3.05) is 65.2 Å². The summed E-state index contributed by atoms with van der Waals surface area (Å²) in [6.07, 6.45) is 6.19. The number of nitrogens with zero attached hydrogens (tertiary/aromatic N) is 6. The van der Waals surface area contributed by atoms with E-state index in [1.165, 1.54) is 0 Å². The number of imidazole rings is 1. The third kappa shape index (κ3) is 5.68. The Bertz CT molecular complexity index is 1740. The zero-order valence-corrected chi connectivity index (χ0v) is 26.8. The van der Waals surface area contributed by atoms with Gasteiger partial charge in [-0.2, -0.15) is 0 Å². The number of aromatic nitrogens is 3. The number of fused-ring (bicyclic) bond motifs is 2. The predicted molar refractivity (Wildman–Crippen MR) is 174 cm³/mol. The summed E-state index contributed by atoms with van der Waals surface area (Å²) in [6, 6.07) is 11.3. The Hall–Kier alpha value is -4.64. The third-order valence-electron chi connectivity index (χ3n) is 9.18. The molecule has 0 saturated carbocycles. The second kappa shape index (κ2) is 12.4. The molecule has 0 bridgehead atoms. The summed E-state index contributed by atoms with van der Waals surface area (Å²) in [5.41, 5.74) is 6.18. The summed E-state index contributed by atoms with van der Waals surface area (Å²) in [6.45, 7) is 4.12. The van der Waals surface area contributed by atoms with Gasteiger partial charge in [-0.25, -0.2) is 4.98 Å². The number of carbonyl (C=O) groups is 2. The summed E-state index contributed by atoms with van der Waals surface area (Å²) >= 11 is 0. The van der Waals surface area contributed by atoms with E-state index in [-0.39, 0.29) is 23.8 Å². The molecule has 6 rings (SSSR count). The molecule has 0 radical (unpaired) electrons. The maximum atomic E-state index is 13.5. The molecule has 236 valence electrons. The number of amides is 2. The lowest BCUT2D eigenvalue weighted by Crippen LogP contribution is -2.40. The van der Waals surface area contributed by atoms with E-state index in [0.717, 1.165) is 71.2 Å². The first-order chi connectivity index (χ1) is 21.7. The van der Waals surface area contributed by atoms with E-state index in [4.69, 9.17) is 14.5 Å². The molecule has 4 aromatic rings. The van der Waals surface area contributed by atoms with E-state index in [0.29, 0.717) is 24.4 Å². The van der Waals surface area contributed by atoms with Gasteiger partial charge in [-0.05, 0) is 57.1 Å². The highest BCUT2D eigenvalue weighted by molar-refractivity contribution is 6.00. The molecule has 1 unspecified atom stereocenters. The van der Waals surface area contributed by atoms with E-state index >= 15 is 0 Å². The fourth-order valence-corrected chi connectivity index (χ4v) is 6.60. The van der Waals surface area contributed by atoms with Crippen LogP contribution in [0.4, 0.5) is 11.4 Å². The number of ether oxygens (including phenoxy) is 2. The minimum Gasteiger partial charge on any atom is -0.496 e. The number of hydrogen-bond acceptors (Lipinski definition) is 8. The highest BCUT2D eigenvalue weighted by atomic mass is 16.5. The first-order valence-electron chi connectivity index (χ1n) is 15.3. The fourth-order valence-electron chi connectivity index (χ4n) is 6.60. The Morgan fingerprint density at radius 3 is 2.53 bits per heavy atom.